The minimum absolute atomic E-state index is 0.444. The fraction of sp³-hybridized carbons (Fsp3) is 0.900. The average Bonchev–Trinajstić information content (AvgIpc) is 2.41. The van der Waals surface area contributed by atoms with E-state index < -0.39 is 53.2 Å². The molecule has 0 aromatic carbocycles. The maximum Gasteiger partial charge on any atom is 0.264 e. The third-order valence-corrected chi connectivity index (χ3v) is 3.50. The number of hydrogen-bond acceptors (Lipinski definition) is 8. The summed E-state index contributed by atoms with van der Waals surface area (Å²) in [5.74, 6) is -0.444. The Bertz CT molecular complexity index is 547. The van der Waals surface area contributed by atoms with Crippen LogP contribution in [0.4, 0.5) is 0 Å². The first-order valence-corrected chi connectivity index (χ1v) is 8.03. The van der Waals surface area contributed by atoms with Crippen molar-refractivity contribution in [1.29, 1.82) is 0 Å². The highest BCUT2D eigenvalue weighted by molar-refractivity contribution is 7.85. The van der Waals surface area contributed by atoms with E-state index in [9.17, 15) is 18.3 Å². The van der Waals surface area contributed by atoms with Crippen molar-refractivity contribution in [1.82, 2.24) is 5.32 Å². The van der Waals surface area contributed by atoms with Gasteiger partial charge < -0.3 is 19.9 Å². The molecule has 5 atom stereocenters. The van der Waals surface area contributed by atoms with E-state index in [1.807, 2.05) is 0 Å². The number of carbonyl (C=O) groups is 1. The second-order valence-corrected chi connectivity index (χ2v) is 6.32. The van der Waals surface area contributed by atoms with E-state index in [1.54, 1.807) is 0 Å². The molecule has 0 spiro atoms. The molecule has 1 aliphatic rings. The standard InChI is InChI=1S/C10H18N4O7S/c1-5(15)12-8-9(16)7(13-14-11)6(21-10(8)19-2)4-20-22(3,17)18/h6-10,16H,4H2,1-3H3,(H,12,15)/t6-,7+,8-,9-,10-/m1/s1. The van der Waals surface area contributed by atoms with E-state index >= 15 is 0 Å². The molecule has 0 aliphatic carbocycles. The van der Waals surface area contributed by atoms with Gasteiger partial charge in [-0.25, -0.2) is 0 Å². The number of aliphatic hydroxyl groups is 1. The number of azide groups is 1. The minimum atomic E-state index is -3.74. The van der Waals surface area contributed by atoms with Gasteiger partial charge in [-0.05, 0) is 5.53 Å². The largest absolute Gasteiger partial charge is 0.390 e. The zero-order valence-electron chi connectivity index (χ0n) is 12.2. The highest BCUT2D eigenvalue weighted by Crippen LogP contribution is 2.25. The number of carbonyl (C=O) groups excluding carboxylic acids is 1. The molecular formula is C10H18N4O7S. The van der Waals surface area contributed by atoms with E-state index in [2.05, 4.69) is 19.5 Å². The fourth-order valence-electron chi connectivity index (χ4n) is 2.05. The zero-order chi connectivity index (χ0) is 16.9. The number of nitrogens with zero attached hydrogens (tertiary/aromatic N) is 3. The lowest BCUT2D eigenvalue weighted by molar-refractivity contribution is -0.231. The van der Waals surface area contributed by atoms with Gasteiger partial charge in [0.25, 0.3) is 10.1 Å². The lowest BCUT2D eigenvalue weighted by Gasteiger charge is -2.42. The van der Waals surface area contributed by atoms with Gasteiger partial charge in [0, 0.05) is 18.9 Å². The number of nitrogens with one attached hydrogen (secondary N) is 1. The highest BCUT2D eigenvalue weighted by Gasteiger charge is 2.46. The molecule has 1 fully saturated rings. The molecule has 126 valence electrons. The smallest absolute Gasteiger partial charge is 0.264 e. The summed E-state index contributed by atoms with van der Waals surface area (Å²) in [5.41, 5.74) is 8.59. The number of ether oxygens (including phenoxy) is 2. The molecule has 12 heteroatoms. The van der Waals surface area contributed by atoms with Crippen LogP contribution in [0.25, 0.3) is 10.4 Å². The molecule has 1 saturated heterocycles. The Balaban J connectivity index is 2.98. The van der Waals surface area contributed by atoms with Gasteiger partial charge in [-0.1, -0.05) is 5.11 Å². The predicted molar refractivity (Wildman–Crippen MR) is 73.0 cm³/mol. The first-order chi connectivity index (χ1) is 10.2. The van der Waals surface area contributed by atoms with Crippen molar-refractivity contribution in [2.45, 2.75) is 37.5 Å². The van der Waals surface area contributed by atoms with Crippen molar-refractivity contribution < 1.29 is 32.0 Å². The van der Waals surface area contributed by atoms with Crippen molar-refractivity contribution >= 4 is 16.0 Å². The Hall–Kier alpha value is -1.43. The summed E-state index contributed by atoms with van der Waals surface area (Å²) in [6.07, 6.45) is -2.61. The van der Waals surface area contributed by atoms with Gasteiger partial charge in [0.05, 0.1) is 31.1 Å². The van der Waals surface area contributed by atoms with Gasteiger partial charge >= 0.3 is 0 Å². The van der Waals surface area contributed by atoms with Crippen LogP contribution >= 0.6 is 0 Å². The van der Waals surface area contributed by atoms with Gasteiger partial charge in [0.2, 0.25) is 5.91 Å². The lowest BCUT2D eigenvalue weighted by atomic mass is 9.95. The molecular weight excluding hydrogens is 320 g/mol. The molecule has 0 bridgehead atoms. The Labute approximate surface area is 127 Å². The minimum Gasteiger partial charge on any atom is -0.390 e. The number of hydrogen-bond donors (Lipinski definition) is 2. The quantitative estimate of drug-likeness (QED) is 0.268. The van der Waals surface area contributed by atoms with Crippen LogP contribution in [0.5, 0.6) is 0 Å². The van der Waals surface area contributed by atoms with E-state index in [0.29, 0.717) is 0 Å². The molecule has 11 nitrogen and oxygen atoms in total. The number of amides is 1. The first-order valence-electron chi connectivity index (χ1n) is 6.21. The summed E-state index contributed by atoms with van der Waals surface area (Å²) < 4.78 is 37.2. The Morgan fingerprint density at radius 1 is 1.55 bits per heavy atom. The fourth-order valence-corrected chi connectivity index (χ4v) is 2.43. The Kier molecular flexibility index (Phi) is 6.53. The van der Waals surface area contributed by atoms with Crippen LogP contribution in [0.15, 0.2) is 5.11 Å². The summed E-state index contributed by atoms with van der Waals surface area (Å²) >= 11 is 0. The Morgan fingerprint density at radius 2 is 2.18 bits per heavy atom. The summed E-state index contributed by atoms with van der Waals surface area (Å²) in [6, 6.07) is -2.14. The van der Waals surface area contributed by atoms with Crippen LogP contribution in [0.2, 0.25) is 0 Å². The SMILES string of the molecule is CO[C@@H]1O[C@H](COS(C)(=O)=O)[C@H](N=[N+]=[N-])[C@@H](O)[C@H]1NC(C)=O. The second kappa shape index (κ2) is 7.72. The van der Waals surface area contributed by atoms with Crippen LogP contribution in [0.1, 0.15) is 6.92 Å². The molecule has 1 aliphatic heterocycles. The van der Waals surface area contributed by atoms with Gasteiger partial charge in [0.15, 0.2) is 6.29 Å². The van der Waals surface area contributed by atoms with E-state index in [0.717, 1.165) is 6.26 Å². The molecule has 0 radical (unpaired) electrons. The molecule has 1 amide bonds. The highest BCUT2D eigenvalue weighted by atomic mass is 32.2. The van der Waals surface area contributed by atoms with Gasteiger partial charge in [-0.2, -0.15) is 8.42 Å². The van der Waals surface area contributed by atoms with Gasteiger partial charge in [0.1, 0.15) is 6.04 Å². The number of rotatable bonds is 6. The molecule has 0 aromatic rings. The predicted octanol–water partition coefficient (Wildman–Crippen LogP) is -1.12. The zero-order valence-corrected chi connectivity index (χ0v) is 13.1. The molecule has 22 heavy (non-hydrogen) atoms. The first kappa shape index (κ1) is 18.6. The van der Waals surface area contributed by atoms with Crippen molar-refractivity contribution in [2.75, 3.05) is 20.0 Å². The van der Waals surface area contributed by atoms with Gasteiger partial charge in [-0.3, -0.25) is 8.98 Å². The summed E-state index contributed by atoms with van der Waals surface area (Å²) in [5, 5.41) is 16.1. The monoisotopic (exact) mass is 338 g/mol. The maximum absolute atomic E-state index is 11.2. The summed E-state index contributed by atoms with van der Waals surface area (Å²) in [7, 11) is -2.46. The average molecular weight is 338 g/mol. The molecule has 0 unspecified atom stereocenters. The number of aliphatic hydroxyl groups excluding tert-OH is 1. The normalized spacial score (nSPS) is 32.1. The van der Waals surface area contributed by atoms with E-state index in [4.69, 9.17) is 15.0 Å². The van der Waals surface area contributed by atoms with E-state index in [-0.39, 0.29) is 0 Å². The number of methoxy groups -OCH3 is 1. The third kappa shape index (κ3) is 5.09. The third-order valence-electron chi connectivity index (χ3n) is 2.93. The van der Waals surface area contributed by atoms with Crippen LogP contribution in [0.3, 0.4) is 0 Å². The van der Waals surface area contributed by atoms with Crippen LogP contribution in [-0.2, 0) is 28.6 Å². The van der Waals surface area contributed by atoms with Crippen molar-refractivity contribution in [2.24, 2.45) is 5.11 Å². The van der Waals surface area contributed by atoms with Crippen LogP contribution in [-0.4, -0.2) is 70.0 Å². The molecule has 0 aromatic heterocycles. The summed E-state index contributed by atoms with van der Waals surface area (Å²) in [6.45, 7) is 0.771. The topological polar surface area (TPSA) is 160 Å². The maximum atomic E-state index is 11.2. The van der Waals surface area contributed by atoms with Crippen molar-refractivity contribution in [3.05, 3.63) is 10.4 Å². The van der Waals surface area contributed by atoms with Crippen LogP contribution < -0.4 is 5.32 Å². The Morgan fingerprint density at radius 3 is 2.64 bits per heavy atom. The molecule has 0 saturated carbocycles. The molecule has 2 N–H and O–H groups in total. The van der Waals surface area contributed by atoms with Crippen molar-refractivity contribution in [3.8, 4) is 0 Å². The van der Waals surface area contributed by atoms with Crippen LogP contribution in [0, 0.1) is 0 Å². The molecule has 1 rings (SSSR count). The van der Waals surface area contributed by atoms with Crippen molar-refractivity contribution in [3.63, 3.8) is 0 Å². The van der Waals surface area contributed by atoms with E-state index in [1.165, 1.54) is 14.0 Å². The van der Waals surface area contributed by atoms with Gasteiger partial charge in [-0.15, -0.1) is 0 Å². The second-order valence-electron chi connectivity index (χ2n) is 4.68. The lowest BCUT2D eigenvalue weighted by Crippen LogP contribution is -2.64. The molecule has 1 heterocycles. The summed E-state index contributed by atoms with van der Waals surface area (Å²) in [4.78, 5) is 13.8.